The highest BCUT2D eigenvalue weighted by Crippen LogP contribution is 2.24. The van der Waals surface area contributed by atoms with Crippen molar-refractivity contribution >= 4 is 11.8 Å². The van der Waals surface area contributed by atoms with Gasteiger partial charge in [0.25, 0.3) is 0 Å². The van der Waals surface area contributed by atoms with E-state index in [9.17, 15) is 13.9 Å². The van der Waals surface area contributed by atoms with Crippen LogP contribution in [0.5, 0.6) is 0 Å². The van der Waals surface area contributed by atoms with Gasteiger partial charge >= 0.3 is 0 Å². The molecule has 2 rings (SSSR count). The maximum atomic E-state index is 13.1. The number of imidazole rings is 1. The third kappa shape index (κ3) is 3.80. The lowest BCUT2D eigenvalue weighted by atomic mass is 10.2. The minimum Gasteiger partial charge on any atom is -0.390 e. The number of thioether (sulfide) groups is 1. The molecule has 0 radical (unpaired) electrons. The molecule has 0 aliphatic rings. The maximum absolute atomic E-state index is 13.1. The lowest BCUT2D eigenvalue weighted by Crippen LogP contribution is -2.04. The minimum absolute atomic E-state index is 0.163. The van der Waals surface area contributed by atoms with E-state index in [0.717, 1.165) is 12.1 Å². The Morgan fingerprint density at radius 1 is 1.33 bits per heavy atom. The summed E-state index contributed by atoms with van der Waals surface area (Å²) < 4.78 is 27.8. The predicted molar refractivity (Wildman–Crippen MR) is 74.3 cm³/mol. The number of hydrogen-bond acceptors (Lipinski definition) is 4. The Bertz CT molecular complexity index is 667. The van der Waals surface area contributed by atoms with E-state index in [4.69, 9.17) is 5.26 Å². The van der Waals surface area contributed by atoms with Gasteiger partial charge in [-0.25, -0.2) is 13.8 Å². The van der Waals surface area contributed by atoms with E-state index < -0.39 is 11.6 Å². The highest BCUT2D eigenvalue weighted by molar-refractivity contribution is 7.98. The van der Waals surface area contributed by atoms with Gasteiger partial charge < -0.3 is 9.67 Å². The Hall–Kier alpha value is -1.91. The summed E-state index contributed by atoms with van der Waals surface area (Å²) in [5.41, 5.74) is 1.26. The van der Waals surface area contributed by atoms with Crippen LogP contribution < -0.4 is 0 Å². The van der Waals surface area contributed by atoms with Crippen molar-refractivity contribution in [1.82, 2.24) is 9.55 Å². The molecule has 110 valence electrons. The van der Waals surface area contributed by atoms with Crippen molar-refractivity contribution in [3.63, 3.8) is 0 Å². The number of rotatable bonds is 6. The summed E-state index contributed by atoms with van der Waals surface area (Å²) >= 11 is 1.34. The summed E-state index contributed by atoms with van der Waals surface area (Å²) in [6, 6.07) is 5.80. The van der Waals surface area contributed by atoms with E-state index in [0.29, 0.717) is 35.1 Å². The predicted octanol–water partition coefficient (Wildman–Crippen LogP) is 2.86. The number of aromatic nitrogens is 2. The highest BCUT2D eigenvalue weighted by atomic mass is 32.2. The van der Waals surface area contributed by atoms with Crippen molar-refractivity contribution in [2.75, 3.05) is 0 Å². The summed E-state index contributed by atoms with van der Waals surface area (Å²) in [6.45, 7) is 0.274. The molecule has 0 amide bonds. The molecular weight excluding hydrogens is 296 g/mol. The Labute approximate surface area is 125 Å². The highest BCUT2D eigenvalue weighted by Gasteiger charge is 2.10. The number of aliphatic hydroxyl groups excluding tert-OH is 1. The summed E-state index contributed by atoms with van der Waals surface area (Å²) in [5, 5.41) is 18.5. The van der Waals surface area contributed by atoms with Crippen LogP contribution in [0.4, 0.5) is 8.78 Å². The van der Waals surface area contributed by atoms with Gasteiger partial charge in [0.05, 0.1) is 31.0 Å². The lowest BCUT2D eigenvalue weighted by Gasteiger charge is -2.08. The summed E-state index contributed by atoms with van der Waals surface area (Å²) in [4.78, 5) is 4.18. The van der Waals surface area contributed by atoms with Gasteiger partial charge in [0.2, 0.25) is 0 Å². The lowest BCUT2D eigenvalue weighted by molar-refractivity contribution is 0.269. The van der Waals surface area contributed by atoms with Gasteiger partial charge in [0, 0.05) is 12.3 Å². The van der Waals surface area contributed by atoms with Gasteiger partial charge in [-0.3, -0.25) is 0 Å². The SMILES string of the molecule is N#CCCn1c(CO)cnc1SCc1ccc(F)c(F)c1. The molecule has 1 N–H and O–H groups in total. The topological polar surface area (TPSA) is 61.8 Å². The molecule has 21 heavy (non-hydrogen) atoms. The fraction of sp³-hybridized carbons (Fsp3) is 0.286. The molecule has 1 aromatic carbocycles. The van der Waals surface area contributed by atoms with Crippen LogP contribution >= 0.6 is 11.8 Å². The minimum atomic E-state index is -0.878. The van der Waals surface area contributed by atoms with Crippen LogP contribution in [0.2, 0.25) is 0 Å². The second-order valence-corrected chi connectivity index (χ2v) is 5.23. The molecule has 0 fully saturated rings. The van der Waals surface area contributed by atoms with Crippen LogP contribution in [0.3, 0.4) is 0 Å². The molecule has 0 atom stereocenters. The van der Waals surface area contributed by atoms with Gasteiger partial charge in [-0.2, -0.15) is 5.26 Å². The van der Waals surface area contributed by atoms with E-state index in [1.54, 1.807) is 10.8 Å². The standard InChI is InChI=1S/C14H13F2N3OS/c15-12-3-2-10(6-13(12)16)9-21-14-18-7-11(8-20)19(14)5-1-4-17/h2-3,6-7,20H,1,5,8-9H2. The van der Waals surface area contributed by atoms with Crippen LogP contribution in [-0.4, -0.2) is 14.7 Å². The van der Waals surface area contributed by atoms with Crippen LogP contribution in [0, 0.1) is 23.0 Å². The smallest absolute Gasteiger partial charge is 0.168 e. The molecule has 0 saturated heterocycles. The number of aliphatic hydroxyl groups is 1. The largest absolute Gasteiger partial charge is 0.390 e. The van der Waals surface area contributed by atoms with Crippen LogP contribution in [0.1, 0.15) is 17.7 Å². The van der Waals surface area contributed by atoms with Gasteiger partial charge in [0.1, 0.15) is 0 Å². The van der Waals surface area contributed by atoms with Crippen LogP contribution in [-0.2, 0) is 18.9 Å². The van der Waals surface area contributed by atoms with E-state index in [-0.39, 0.29) is 6.61 Å². The average Bonchev–Trinajstić information content (AvgIpc) is 2.88. The van der Waals surface area contributed by atoms with E-state index in [2.05, 4.69) is 4.98 Å². The fourth-order valence-electron chi connectivity index (χ4n) is 1.81. The summed E-state index contributed by atoms with van der Waals surface area (Å²) in [5.74, 6) is -1.33. The quantitative estimate of drug-likeness (QED) is 0.834. The van der Waals surface area contributed by atoms with Crippen LogP contribution in [0.25, 0.3) is 0 Å². The zero-order chi connectivity index (χ0) is 15.2. The van der Waals surface area contributed by atoms with Crippen molar-refractivity contribution in [2.24, 2.45) is 0 Å². The first kappa shape index (κ1) is 15.5. The van der Waals surface area contributed by atoms with E-state index in [1.807, 2.05) is 6.07 Å². The number of nitrogens with zero attached hydrogens (tertiary/aromatic N) is 3. The zero-order valence-corrected chi connectivity index (χ0v) is 11.9. The number of hydrogen-bond donors (Lipinski definition) is 1. The second-order valence-electron chi connectivity index (χ2n) is 4.29. The van der Waals surface area contributed by atoms with Gasteiger partial charge in [-0.1, -0.05) is 17.8 Å². The molecule has 0 spiro atoms. The second kappa shape index (κ2) is 7.20. The number of benzene rings is 1. The van der Waals surface area contributed by atoms with Crippen molar-refractivity contribution in [3.05, 3.63) is 47.3 Å². The fourth-order valence-corrected chi connectivity index (χ4v) is 2.78. The Balaban J connectivity index is 2.10. The molecule has 4 nitrogen and oxygen atoms in total. The molecular formula is C14H13F2N3OS. The van der Waals surface area contributed by atoms with E-state index >= 15 is 0 Å². The molecule has 1 aromatic heterocycles. The molecule has 2 aromatic rings. The van der Waals surface area contributed by atoms with Gasteiger partial charge in [0.15, 0.2) is 16.8 Å². The third-order valence-electron chi connectivity index (χ3n) is 2.86. The molecule has 0 aliphatic carbocycles. The monoisotopic (exact) mass is 309 g/mol. The van der Waals surface area contributed by atoms with Gasteiger partial charge in [-0.15, -0.1) is 0 Å². The Morgan fingerprint density at radius 3 is 2.81 bits per heavy atom. The first-order valence-electron chi connectivity index (χ1n) is 6.24. The number of nitriles is 1. The first-order valence-corrected chi connectivity index (χ1v) is 7.23. The Morgan fingerprint density at radius 2 is 2.14 bits per heavy atom. The molecule has 7 heteroatoms. The van der Waals surface area contributed by atoms with Crippen LogP contribution in [0.15, 0.2) is 29.6 Å². The maximum Gasteiger partial charge on any atom is 0.168 e. The Kier molecular flexibility index (Phi) is 5.31. The van der Waals surface area contributed by atoms with Crippen molar-refractivity contribution in [2.45, 2.75) is 30.5 Å². The molecule has 0 aliphatic heterocycles. The zero-order valence-electron chi connectivity index (χ0n) is 11.1. The van der Waals surface area contributed by atoms with Gasteiger partial charge in [-0.05, 0) is 17.7 Å². The third-order valence-corrected chi connectivity index (χ3v) is 3.92. The molecule has 0 bridgehead atoms. The van der Waals surface area contributed by atoms with Crippen molar-refractivity contribution in [1.29, 1.82) is 5.26 Å². The van der Waals surface area contributed by atoms with Crippen molar-refractivity contribution in [3.8, 4) is 6.07 Å². The molecule has 0 saturated carbocycles. The first-order chi connectivity index (χ1) is 10.2. The number of halogens is 2. The average molecular weight is 309 g/mol. The molecule has 1 heterocycles. The van der Waals surface area contributed by atoms with Crippen molar-refractivity contribution < 1.29 is 13.9 Å². The molecule has 0 unspecified atom stereocenters. The summed E-state index contributed by atoms with van der Waals surface area (Å²) in [7, 11) is 0. The van der Waals surface area contributed by atoms with E-state index in [1.165, 1.54) is 17.8 Å². The normalized spacial score (nSPS) is 10.6. The summed E-state index contributed by atoms with van der Waals surface area (Å²) in [6.07, 6.45) is 1.85.